The highest BCUT2D eigenvalue weighted by molar-refractivity contribution is 5.96. The fraction of sp³-hybridized carbons (Fsp3) is 0.455. The average Bonchev–Trinajstić information content (AvgIpc) is 3.31. The van der Waals surface area contributed by atoms with Crippen molar-refractivity contribution in [2.45, 2.75) is 45.3 Å². The highest BCUT2D eigenvalue weighted by atomic mass is 16.5. The Hall–Kier alpha value is -3.24. The SMILES string of the molecule is COCCOCc1cnc(Nc2ncc3cc(C(C)=O)c(=O)n(C4CCCC4)c3n2)nc1. The first kappa shape index (κ1) is 22.0. The Labute approximate surface area is 185 Å². The number of hydrogen-bond acceptors (Lipinski definition) is 9. The number of ether oxygens (including phenoxy) is 2. The molecule has 1 N–H and O–H groups in total. The maximum Gasteiger partial charge on any atom is 0.263 e. The van der Waals surface area contributed by atoms with Crippen LogP contribution in [0, 0.1) is 0 Å². The fourth-order valence-corrected chi connectivity index (χ4v) is 3.86. The number of Topliss-reactive ketones (excluding diaryl/α,β-unsaturated/α-hetero) is 1. The second kappa shape index (κ2) is 9.92. The van der Waals surface area contributed by atoms with Crippen LogP contribution in [0.25, 0.3) is 11.0 Å². The van der Waals surface area contributed by atoms with Crippen LogP contribution in [0.5, 0.6) is 0 Å². The Morgan fingerprint density at radius 1 is 1.12 bits per heavy atom. The molecule has 1 saturated carbocycles. The third-order valence-corrected chi connectivity index (χ3v) is 5.47. The topological polar surface area (TPSA) is 121 Å². The lowest BCUT2D eigenvalue weighted by atomic mass is 10.1. The highest BCUT2D eigenvalue weighted by Crippen LogP contribution is 2.30. The minimum atomic E-state index is -0.296. The molecule has 0 atom stereocenters. The summed E-state index contributed by atoms with van der Waals surface area (Å²) in [7, 11) is 1.62. The number of fused-ring (bicyclic) bond motifs is 1. The molecule has 0 bridgehead atoms. The van der Waals surface area contributed by atoms with Crippen LogP contribution in [0.2, 0.25) is 0 Å². The molecule has 0 radical (unpaired) electrons. The fourth-order valence-electron chi connectivity index (χ4n) is 3.86. The lowest BCUT2D eigenvalue weighted by molar-refractivity contribution is 0.0614. The lowest BCUT2D eigenvalue weighted by Gasteiger charge is -2.17. The van der Waals surface area contributed by atoms with E-state index in [1.165, 1.54) is 6.92 Å². The predicted octanol–water partition coefficient (Wildman–Crippen LogP) is 2.81. The van der Waals surface area contributed by atoms with E-state index in [1.807, 2.05) is 0 Å². The minimum Gasteiger partial charge on any atom is -0.382 e. The number of methoxy groups -OCH3 is 1. The molecule has 32 heavy (non-hydrogen) atoms. The predicted molar refractivity (Wildman–Crippen MR) is 118 cm³/mol. The quantitative estimate of drug-likeness (QED) is 0.397. The van der Waals surface area contributed by atoms with Crippen LogP contribution in [0.15, 0.2) is 29.5 Å². The Kier molecular flexibility index (Phi) is 6.81. The van der Waals surface area contributed by atoms with Crippen molar-refractivity contribution in [3.8, 4) is 0 Å². The molecule has 168 valence electrons. The van der Waals surface area contributed by atoms with Crippen LogP contribution in [-0.2, 0) is 16.1 Å². The Morgan fingerprint density at radius 2 is 1.84 bits per heavy atom. The zero-order chi connectivity index (χ0) is 22.5. The summed E-state index contributed by atoms with van der Waals surface area (Å²) in [5.74, 6) is 0.356. The molecule has 3 aromatic rings. The number of rotatable bonds is 9. The van der Waals surface area contributed by atoms with Gasteiger partial charge in [-0.2, -0.15) is 4.98 Å². The molecule has 1 fully saturated rings. The summed E-state index contributed by atoms with van der Waals surface area (Å²) in [5, 5.41) is 3.64. The molecule has 0 amide bonds. The third-order valence-electron chi connectivity index (χ3n) is 5.47. The molecule has 0 aliphatic heterocycles. The van der Waals surface area contributed by atoms with E-state index >= 15 is 0 Å². The standard InChI is InChI=1S/C22H26N6O4/c1-14(29)18-9-16-12-25-22(26-19(16)28(20(18)30)17-5-3-4-6-17)27-21-23-10-15(11-24-21)13-32-8-7-31-2/h9-12,17H,3-8,13H2,1-2H3,(H,23,24,25,26,27). The second-order valence-corrected chi connectivity index (χ2v) is 7.79. The van der Waals surface area contributed by atoms with Gasteiger partial charge in [0.15, 0.2) is 5.78 Å². The smallest absolute Gasteiger partial charge is 0.263 e. The number of nitrogens with one attached hydrogen (secondary N) is 1. The monoisotopic (exact) mass is 438 g/mol. The summed E-state index contributed by atoms with van der Waals surface area (Å²) in [6, 6.07) is 1.60. The molecular weight excluding hydrogens is 412 g/mol. The molecule has 1 aliphatic rings. The van der Waals surface area contributed by atoms with Crippen LogP contribution in [-0.4, -0.2) is 50.6 Å². The molecule has 0 aromatic carbocycles. The number of nitrogens with zero attached hydrogens (tertiary/aromatic N) is 5. The molecule has 0 spiro atoms. The summed E-state index contributed by atoms with van der Waals surface area (Å²) in [6.45, 7) is 2.82. The van der Waals surface area contributed by atoms with E-state index in [9.17, 15) is 9.59 Å². The largest absolute Gasteiger partial charge is 0.382 e. The molecule has 4 rings (SSSR count). The van der Waals surface area contributed by atoms with Crippen LogP contribution >= 0.6 is 0 Å². The van der Waals surface area contributed by atoms with Crippen molar-refractivity contribution in [3.05, 3.63) is 46.1 Å². The molecule has 1 aliphatic carbocycles. The molecule has 3 aromatic heterocycles. The van der Waals surface area contributed by atoms with E-state index < -0.39 is 0 Å². The molecule has 0 saturated heterocycles. The lowest BCUT2D eigenvalue weighted by Crippen LogP contribution is -2.29. The number of ketones is 1. The van der Waals surface area contributed by atoms with Crippen molar-refractivity contribution in [2.75, 3.05) is 25.6 Å². The number of carbonyl (C=O) groups excluding carboxylic acids is 1. The molecule has 0 unspecified atom stereocenters. The molecule has 3 heterocycles. The van der Waals surface area contributed by atoms with Gasteiger partial charge in [0, 0.05) is 42.7 Å². The Morgan fingerprint density at radius 3 is 2.53 bits per heavy atom. The summed E-state index contributed by atoms with van der Waals surface area (Å²) in [5.41, 5.74) is 1.21. The van der Waals surface area contributed by atoms with Crippen LogP contribution in [0.3, 0.4) is 0 Å². The summed E-state index contributed by atoms with van der Waals surface area (Å²) < 4.78 is 12.1. The van der Waals surface area contributed by atoms with Gasteiger partial charge in [-0.3, -0.25) is 19.5 Å². The van der Waals surface area contributed by atoms with Crippen molar-refractivity contribution in [1.82, 2.24) is 24.5 Å². The van der Waals surface area contributed by atoms with Gasteiger partial charge in [0.2, 0.25) is 11.9 Å². The first-order valence-corrected chi connectivity index (χ1v) is 10.6. The van der Waals surface area contributed by atoms with Gasteiger partial charge >= 0.3 is 0 Å². The molecule has 10 heteroatoms. The van der Waals surface area contributed by atoms with Gasteiger partial charge < -0.3 is 9.47 Å². The Balaban J connectivity index is 1.60. The van der Waals surface area contributed by atoms with E-state index in [-0.39, 0.29) is 28.9 Å². The van der Waals surface area contributed by atoms with Gasteiger partial charge in [-0.1, -0.05) is 12.8 Å². The van der Waals surface area contributed by atoms with Gasteiger partial charge in [0.1, 0.15) is 5.65 Å². The zero-order valence-electron chi connectivity index (χ0n) is 18.2. The van der Waals surface area contributed by atoms with Gasteiger partial charge in [-0.05, 0) is 25.8 Å². The number of hydrogen-bond donors (Lipinski definition) is 1. The maximum atomic E-state index is 13.1. The summed E-state index contributed by atoms with van der Waals surface area (Å²) in [6.07, 6.45) is 8.82. The van der Waals surface area contributed by atoms with Gasteiger partial charge in [0.25, 0.3) is 5.56 Å². The van der Waals surface area contributed by atoms with Crippen molar-refractivity contribution in [1.29, 1.82) is 0 Å². The van der Waals surface area contributed by atoms with Crippen molar-refractivity contribution in [2.24, 2.45) is 0 Å². The minimum absolute atomic E-state index is 0.0284. The van der Waals surface area contributed by atoms with Gasteiger partial charge in [-0.25, -0.2) is 15.0 Å². The maximum absolute atomic E-state index is 13.1. The van der Waals surface area contributed by atoms with Crippen LogP contribution in [0.1, 0.15) is 54.6 Å². The first-order chi connectivity index (χ1) is 15.6. The third kappa shape index (κ3) is 4.81. The second-order valence-electron chi connectivity index (χ2n) is 7.79. The van der Waals surface area contributed by atoms with Gasteiger partial charge in [-0.15, -0.1) is 0 Å². The van der Waals surface area contributed by atoms with E-state index in [4.69, 9.17) is 9.47 Å². The van der Waals surface area contributed by atoms with E-state index in [0.717, 1.165) is 31.2 Å². The van der Waals surface area contributed by atoms with Gasteiger partial charge in [0.05, 0.1) is 25.4 Å². The number of aromatic nitrogens is 5. The van der Waals surface area contributed by atoms with Crippen molar-refractivity contribution >= 4 is 28.7 Å². The molecule has 10 nitrogen and oxygen atoms in total. The Bertz CT molecular complexity index is 1160. The average molecular weight is 438 g/mol. The zero-order valence-corrected chi connectivity index (χ0v) is 18.2. The highest BCUT2D eigenvalue weighted by Gasteiger charge is 2.23. The van der Waals surface area contributed by atoms with E-state index in [1.54, 1.807) is 36.3 Å². The normalized spacial score (nSPS) is 14.2. The van der Waals surface area contributed by atoms with Crippen LogP contribution in [0.4, 0.5) is 11.9 Å². The number of carbonyl (C=O) groups is 1. The summed E-state index contributed by atoms with van der Waals surface area (Å²) >= 11 is 0. The molecular formula is C22H26N6O4. The van der Waals surface area contributed by atoms with Crippen molar-refractivity contribution < 1.29 is 14.3 Å². The van der Waals surface area contributed by atoms with Crippen LogP contribution < -0.4 is 10.9 Å². The van der Waals surface area contributed by atoms with Crippen molar-refractivity contribution in [3.63, 3.8) is 0 Å². The summed E-state index contributed by atoms with van der Waals surface area (Å²) in [4.78, 5) is 42.5. The first-order valence-electron chi connectivity index (χ1n) is 10.6. The number of anilines is 2. The van der Waals surface area contributed by atoms with E-state index in [0.29, 0.717) is 36.8 Å². The number of pyridine rings is 1. The van der Waals surface area contributed by atoms with E-state index in [2.05, 4.69) is 25.3 Å².